The average Bonchev–Trinajstić information content (AvgIpc) is 2.52. The number of amides is 1. The van der Waals surface area contributed by atoms with Crippen LogP contribution in [0, 0.1) is 0 Å². The van der Waals surface area contributed by atoms with Gasteiger partial charge in [-0.2, -0.15) is 0 Å². The number of fused-ring (bicyclic) bond motifs is 1. The molecule has 0 fully saturated rings. The van der Waals surface area contributed by atoms with E-state index in [1.54, 1.807) is 0 Å². The lowest BCUT2D eigenvalue weighted by Crippen LogP contribution is -2.38. The van der Waals surface area contributed by atoms with Gasteiger partial charge in [0.25, 0.3) is 5.91 Å². The van der Waals surface area contributed by atoms with Crippen molar-refractivity contribution >= 4 is 16.7 Å². The lowest BCUT2D eigenvalue weighted by atomic mass is 10.1. The molecule has 3 heteroatoms. The van der Waals surface area contributed by atoms with E-state index in [4.69, 9.17) is 4.74 Å². The smallest absolute Gasteiger partial charge is 0.261 e. The van der Waals surface area contributed by atoms with E-state index in [2.05, 4.69) is 12.2 Å². The van der Waals surface area contributed by atoms with Crippen molar-refractivity contribution in [2.45, 2.75) is 39.2 Å². The molecule has 1 atom stereocenters. The molecule has 0 saturated carbocycles. The van der Waals surface area contributed by atoms with Crippen LogP contribution in [0.3, 0.4) is 0 Å². The molecule has 21 heavy (non-hydrogen) atoms. The van der Waals surface area contributed by atoms with Crippen LogP contribution in [-0.4, -0.2) is 18.6 Å². The lowest BCUT2D eigenvalue weighted by Gasteiger charge is -2.18. The summed E-state index contributed by atoms with van der Waals surface area (Å²) in [4.78, 5) is 12.2. The summed E-state index contributed by atoms with van der Waals surface area (Å²) in [6.45, 7) is 4.79. The van der Waals surface area contributed by atoms with Crippen LogP contribution in [0.15, 0.2) is 42.5 Å². The Morgan fingerprint density at radius 3 is 2.67 bits per heavy atom. The number of rotatable bonds is 7. The molecule has 2 aromatic carbocycles. The molecule has 0 aromatic heterocycles. The quantitative estimate of drug-likeness (QED) is 0.783. The molecule has 112 valence electrons. The van der Waals surface area contributed by atoms with Crippen LogP contribution in [0.4, 0.5) is 0 Å². The van der Waals surface area contributed by atoms with E-state index in [1.807, 2.05) is 49.4 Å². The van der Waals surface area contributed by atoms with Crippen molar-refractivity contribution in [2.24, 2.45) is 0 Å². The Bertz CT molecular complexity index is 589. The zero-order valence-corrected chi connectivity index (χ0v) is 12.8. The van der Waals surface area contributed by atoms with Gasteiger partial charge in [0.15, 0.2) is 6.10 Å². The summed E-state index contributed by atoms with van der Waals surface area (Å²) in [6.07, 6.45) is 2.28. The van der Waals surface area contributed by atoms with Crippen LogP contribution < -0.4 is 10.1 Å². The zero-order chi connectivity index (χ0) is 15.1. The van der Waals surface area contributed by atoms with Crippen molar-refractivity contribution < 1.29 is 9.53 Å². The van der Waals surface area contributed by atoms with Gasteiger partial charge in [-0.05, 0) is 24.3 Å². The molecule has 1 N–H and O–H groups in total. The van der Waals surface area contributed by atoms with Gasteiger partial charge < -0.3 is 10.1 Å². The van der Waals surface area contributed by atoms with E-state index in [9.17, 15) is 4.79 Å². The van der Waals surface area contributed by atoms with Gasteiger partial charge >= 0.3 is 0 Å². The monoisotopic (exact) mass is 285 g/mol. The minimum atomic E-state index is -0.437. The van der Waals surface area contributed by atoms with Crippen molar-refractivity contribution in [1.29, 1.82) is 0 Å². The summed E-state index contributed by atoms with van der Waals surface area (Å²) in [5, 5.41) is 5.10. The van der Waals surface area contributed by atoms with Crippen molar-refractivity contribution in [3.05, 3.63) is 42.5 Å². The maximum atomic E-state index is 12.2. The predicted octanol–water partition coefficient (Wildman–Crippen LogP) is 3.91. The van der Waals surface area contributed by atoms with Crippen molar-refractivity contribution in [2.75, 3.05) is 6.54 Å². The Hall–Kier alpha value is -2.03. The predicted molar refractivity (Wildman–Crippen MR) is 86.6 cm³/mol. The summed E-state index contributed by atoms with van der Waals surface area (Å²) in [6, 6.07) is 14.0. The molecular weight excluding hydrogens is 262 g/mol. The van der Waals surface area contributed by atoms with Crippen LogP contribution >= 0.6 is 0 Å². The highest BCUT2D eigenvalue weighted by atomic mass is 16.5. The first-order valence-electron chi connectivity index (χ1n) is 7.68. The Morgan fingerprint density at radius 1 is 1.14 bits per heavy atom. The molecule has 2 rings (SSSR count). The van der Waals surface area contributed by atoms with Crippen LogP contribution in [0.1, 0.15) is 33.1 Å². The second kappa shape index (κ2) is 7.67. The summed E-state index contributed by atoms with van der Waals surface area (Å²) in [5.41, 5.74) is 0. The van der Waals surface area contributed by atoms with Crippen LogP contribution in [-0.2, 0) is 4.79 Å². The van der Waals surface area contributed by atoms with Crippen molar-refractivity contribution in [3.63, 3.8) is 0 Å². The average molecular weight is 285 g/mol. The number of ether oxygens (including phenoxy) is 1. The summed E-state index contributed by atoms with van der Waals surface area (Å²) in [5.74, 6) is 0.740. The van der Waals surface area contributed by atoms with Gasteiger partial charge in [-0.3, -0.25) is 4.79 Å². The third-order valence-electron chi connectivity index (χ3n) is 3.51. The number of carbonyl (C=O) groups is 1. The first-order valence-corrected chi connectivity index (χ1v) is 7.68. The highest BCUT2D eigenvalue weighted by Gasteiger charge is 2.18. The van der Waals surface area contributed by atoms with Crippen LogP contribution in [0.25, 0.3) is 10.8 Å². The van der Waals surface area contributed by atoms with E-state index in [-0.39, 0.29) is 5.91 Å². The first kappa shape index (κ1) is 15.4. The van der Waals surface area contributed by atoms with E-state index in [0.29, 0.717) is 13.0 Å². The van der Waals surface area contributed by atoms with Gasteiger partial charge in [-0.15, -0.1) is 0 Å². The largest absolute Gasteiger partial charge is 0.480 e. The SMILES string of the molecule is CCCCNC(=O)[C@@H](CC)Oc1cccc2ccccc12. The Labute approximate surface area is 126 Å². The Balaban J connectivity index is 2.11. The Kier molecular flexibility index (Phi) is 5.61. The number of hydrogen-bond donors (Lipinski definition) is 1. The molecule has 1 amide bonds. The molecule has 3 nitrogen and oxygen atoms in total. The lowest BCUT2D eigenvalue weighted by molar-refractivity contribution is -0.128. The third kappa shape index (κ3) is 3.97. The molecule has 0 aliphatic heterocycles. The number of carbonyl (C=O) groups excluding carboxylic acids is 1. The molecule has 0 radical (unpaired) electrons. The van der Waals surface area contributed by atoms with Gasteiger partial charge in [0.2, 0.25) is 0 Å². The summed E-state index contributed by atoms with van der Waals surface area (Å²) >= 11 is 0. The van der Waals surface area contributed by atoms with E-state index < -0.39 is 6.10 Å². The number of nitrogens with one attached hydrogen (secondary N) is 1. The highest BCUT2D eigenvalue weighted by Crippen LogP contribution is 2.26. The maximum absolute atomic E-state index is 12.2. The number of unbranched alkanes of at least 4 members (excludes halogenated alkanes) is 1. The molecule has 0 aliphatic carbocycles. The topological polar surface area (TPSA) is 38.3 Å². The van der Waals surface area contributed by atoms with Gasteiger partial charge in [0, 0.05) is 11.9 Å². The van der Waals surface area contributed by atoms with Gasteiger partial charge in [0.1, 0.15) is 5.75 Å². The van der Waals surface area contributed by atoms with Gasteiger partial charge in [-0.1, -0.05) is 56.7 Å². The van der Waals surface area contributed by atoms with Gasteiger partial charge in [-0.25, -0.2) is 0 Å². The molecule has 0 bridgehead atoms. The second-order valence-corrected chi connectivity index (χ2v) is 5.14. The normalized spacial score (nSPS) is 12.1. The standard InChI is InChI=1S/C18H23NO2/c1-3-5-13-19-18(20)16(4-2)21-17-12-8-10-14-9-6-7-11-15(14)17/h6-12,16H,3-5,13H2,1-2H3,(H,19,20)/t16-/m1/s1. The minimum Gasteiger partial charge on any atom is -0.480 e. The molecule has 0 spiro atoms. The molecular formula is C18H23NO2. The molecule has 0 saturated heterocycles. The fraction of sp³-hybridized carbons (Fsp3) is 0.389. The van der Waals surface area contributed by atoms with Crippen LogP contribution in [0.2, 0.25) is 0 Å². The fourth-order valence-electron chi connectivity index (χ4n) is 2.28. The van der Waals surface area contributed by atoms with Gasteiger partial charge in [0.05, 0.1) is 0 Å². The van der Waals surface area contributed by atoms with E-state index in [1.165, 1.54) is 0 Å². The maximum Gasteiger partial charge on any atom is 0.261 e. The van der Waals surface area contributed by atoms with Crippen LogP contribution in [0.5, 0.6) is 5.75 Å². The minimum absolute atomic E-state index is 0.0288. The molecule has 0 heterocycles. The second-order valence-electron chi connectivity index (χ2n) is 5.14. The first-order chi connectivity index (χ1) is 10.3. The molecule has 2 aromatic rings. The molecule has 0 aliphatic rings. The summed E-state index contributed by atoms with van der Waals surface area (Å²) < 4.78 is 5.96. The Morgan fingerprint density at radius 2 is 1.90 bits per heavy atom. The van der Waals surface area contributed by atoms with Crippen molar-refractivity contribution in [3.8, 4) is 5.75 Å². The third-order valence-corrected chi connectivity index (χ3v) is 3.51. The fourth-order valence-corrected chi connectivity index (χ4v) is 2.28. The number of hydrogen-bond acceptors (Lipinski definition) is 2. The van der Waals surface area contributed by atoms with E-state index in [0.717, 1.165) is 29.4 Å². The van der Waals surface area contributed by atoms with Crippen molar-refractivity contribution in [1.82, 2.24) is 5.32 Å². The molecule has 0 unspecified atom stereocenters. The number of benzene rings is 2. The van der Waals surface area contributed by atoms with E-state index >= 15 is 0 Å². The zero-order valence-electron chi connectivity index (χ0n) is 12.8. The summed E-state index contributed by atoms with van der Waals surface area (Å²) in [7, 11) is 0. The highest BCUT2D eigenvalue weighted by molar-refractivity contribution is 5.89.